The van der Waals surface area contributed by atoms with E-state index in [1.165, 1.54) is 0 Å². The van der Waals surface area contributed by atoms with Gasteiger partial charge in [-0.25, -0.2) is 4.79 Å². The van der Waals surface area contributed by atoms with E-state index in [0.29, 0.717) is 6.42 Å². The van der Waals surface area contributed by atoms with E-state index >= 15 is 0 Å². The van der Waals surface area contributed by atoms with Crippen LogP contribution >= 0.6 is 0 Å². The number of hydrogen-bond acceptors (Lipinski definition) is 4. The predicted molar refractivity (Wildman–Crippen MR) is 131 cm³/mol. The van der Waals surface area contributed by atoms with Gasteiger partial charge in [-0.1, -0.05) is 82.1 Å². The third-order valence-electron chi connectivity index (χ3n) is 6.33. The molecular formula is C27H34N2O5. The molecule has 182 valence electrons. The second-order valence-corrected chi connectivity index (χ2v) is 9.12. The normalized spacial score (nSPS) is 14.1. The van der Waals surface area contributed by atoms with E-state index in [1.54, 1.807) is 0 Å². The van der Waals surface area contributed by atoms with Gasteiger partial charge in [0.05, 0.1) is 6.42 Å². The number of ether oxygens (including phenoxy) is 1. The van der Waals surface area contributed by atoms with Crippen LogP contribution in [-0.2, 0) is 14.3 Å². The number of aliphatic carboxylic acids is 1. The fraction of sp³-hybridized carbons (Fsp3) is 0.444. The molecule has 1 unspecified atom stereocenters. The summed E-state index contributed by atoms with van der Waals surface area (Å²) < 4.78 is 5.59. The van der Waals surface area contributed by atoms with Crippen LogP contribution in [0.4, 0.5) is 4.79 Å². The van der Waals surface area contributed by atoms with Crippen molar-refractivity contribution in [2.75, 3.05) is 6.61 Å². The van der Waals surface area contributed by atoms with Crippen LogP contribution < -0.4 is 10.6 Å². The molecule has 3 rings (SSSR count). The zero-order valence-electron chi connectivity index (χ0n) is 20.0. The maximum absolute atomic E-state index is 12.9. The Morgan fingerprint density at radius 3 is 2.09 bits per heavy atom. The van der Waals surface area contributed by atoms with Crippen molar-refractivity contribution < 1.29 is 24.2 Å². The molecule has 1 aliphatic carbocycles. The van der Waals surface area contributed by atoms with Gasteiger partial charge in [0.1, 0.15) is 12.6 Å². The minimum absolute atomic E-state index is 0.0543. The van der Waals surface area contributed by atoms with E-state index < -0.39 is 24.1 Å². The zero-order chi connectivity index (χ0) is 24.7. The highest BCUT2D eigenvalue weighted by atomic mass is 16.5. The van der Waals surface area contributed by atoms with E-state index in [4.69, 9.17) is 9.84 Å². The molecule has 0 spiro atoms. The second-order valence-electron chi connectivity index (χ2n) is 9.12. The maximum atomic E-state index is 12.9. The first-order valence-electron chi connectivity index (χ1n) is 12.0. The summed E-state index contributed by atoms with van der Waals surface area (Å²) in [6.07, 6.45) is 1.22. The van der Waals surface area contributed by atoms with Crippen LogP contribution in [0.1, 0.15) is 63.5 Å². The van der Waals surface area contributed by atoms with Gasteiger partial charge in [0.15, 0.2) is 0 Å². The molecule has 1 aliphatic rings. The molecule has 0 bridgehead atoms. The summed E-state index contributed by atoms with van der Waals surface area (Å²) in [5, 5.41) is 14.6. The van der Waals surface area contributed by atoms with E-state index in [1.807, 2.05) is 57.2 Å². The topological polar surface area (TPSA) is 105 Å². The average molecular weight is 467 g/mol. The Balaban J connectivity index is 1.65. The van der Waals surface area contributed by atoms with Crippen molar-refractivity contribution in [1.29, 1.82) is 0 Å². The molecule has 0 saturated carbocycles. The fourth-order valence-corrected chi connectivity index (χ4v) is 4.38. The molecule has 2 atom stereocenters. The molecule has 0 aromatic heterocycles. The molecule has 7 heteroatoms. The van der Waals surface area contributed by atoms with Crippen molar-refractivity contribution >= 4 is 18.0 Å². The van der Waals surface area contributed by atoms with Crippen LogP contribution in [0.2, 0.25) is 0 Å². The molecule has 0 fully saturated rings. The summed E-state index contributed by atoms with van der Waals surface area (Å²) in [6.45, 7) is 5.88. The van der Waals surface area contributed by atoms with Crippen LogP contribution in [0.3, 0.4) is 0 Å². The Bertz CT molecular complexity index is 974. The lowest BCUT2D eigenvalue weighted by molar-refractivity contribution is -0.138. The summed E-state index contributed by atoms with van der Waals surface area (Å²) in [5.74, 6) is -1.49. The largest absolute Gasteiger partial charge is 0.481 e. The number of alkyl carbamates (subject to hydrolysis) is 1. The van der Waals surface area contributed by atoms with Crippen LogP contribution in [0.15, 0.2) is 48.5 Å². The number of carboxylic acids is 1. The summed E-state index contributed by atoms with van der Waals surface area (Å²) in [7, 11) is 0. The molecule has 0 radical (unpaired) electrons. The SMILES string of the molecule is CCCCC(NC(=O)OCC1c2ccccc2-c2ccccc21)C(=O)N[C@@H](CC(=O)O)C(C)C. The molecule has 0 saturated heterocycles. The van der Waals surface area contributed by atoms with Crippen LogP contribution in [0.5, 0.6) is 0 Å². The maximum Gasteiger partial charge on any atom is 0.407 e. The summed E-state index contributed by atoms with van der Waals surface area (Å²) in [5.41, 5.74) is 4.52. The van der Waals surface area contributed by atoms with Gasteiger partial charge in [-0.15, -0.1) is 0 Å². The molecule has 2 aromatic rings. The number of hydrogen-bond donors (Lipinski definition) is 3. The second kappa shape index (κ2) is 11.7. The minimum atomic E-state index is -0.978. The average Bonchev–Trinajstić information content (AvgIpc) is 3.13. The summed E-state index contributed by atoms with van der Waals surface area (Å²) in [6, 6.07) is 14.9. The number of carboxylic acid groups (broad SMARTS) is 1. The lowest BCUT2D eigenvalue weighted by atomic mass is 9.98. The van der Waals surface area contributed by atoms with Gasteiger partial charge < -0.3 is 20.5 Å². The lowest BCUT2D eigenvalue weighted by Crippen LogP contribution is -2.51. The molecule has 2 aromatic carbocycles. The van der Waals surface area contributed by atoms with Crippen molar-refractivity contribution in [2.45, 2.75) is 64.5 Å². The van der Waals surface area contributed by atoms with Crippen molar-refractivity contribution in [3.8, 4) is 11.1 Å². The van der Waals surface area contributed by atoms with Gasteiger partial charge in [0.2, 0.25) is 5.91 Å². The number of unbranched alkanes of at least 4 members (excludes halogenated alkanes) is 1. The smallest absolute Gasteiger partial charge is 0.407 e. The Morgan fingerprint density at radius 2 is 1.56 bits per heavy atom. The predicted octanol–water partition coefficient (Wildman–Crippen LogP) is 4.70. The third kappa shape index (κ3) is 6.16. The molecule has 0 heterocycles. The highest BCUT2D eigenvalue weighted by molar-refractivity contribution is 5.86. The first kappa shape index (κ1) is 25.3. The van der Waals surface area contributed by atoms with Crippen LogP contribution in [0.25, 0.3) is 11.1 Å². The highest BCUT2D eigenvalue weighted by Crippen LogP contribution is 2.44. The minimum Gasteiger partial charge on any atom is -0.481 e. The van der Waals surface area contributed by atoms with Gasteiger partial charge in [-0.05, 0) is 34.6 Å². The molecule has 3 N–H and O–H groups in total. The van der Waals surface area contributed by atoms with E-state index in [0.717, 1.165) is 35.1 Å². The molecule has 34 heavy (non-hydrogen) atoms. The van der Waals surface area contributed by atoms with Crippen molar-refractivity contribution in [3.05, 3.63) is 59.7 Å². The highest BCUT2D eigenvalue weighted by Gasteiger charge is 2.30. The fourth-order valence-electron chi connectivity index (χ4n) is 4.38. The van der Waals surface area contributed by atoms with Crippen LogP contribution in [0, 0.1) is 5.92 Å². The number of carbonyl (C=O) groups excluding carboxylic acids is 2. The van der Waals surface area contributed by atoms with Gasteiger partial charge >= 0.3 is 12.1 Å². The summed E-state index contributed by atoms with van der Waals surface area (Å²) >= 11 is 0. The Labute approximate surface area is 200 Å². The monoisotopic (exact) mass is 466 g/mol. The van der Waals surface area contributed by atoms with Gasteiger partial charge in [0.25, 0.3) is 0 Å². The number of carbonyl (C=O) groups is 3. The third-order valence-corrected chi connectivity index (χ3v) is 6.33. The lowest BCUT2D eigenvalue weighted by Gasteiger charge is -2.25. The number of amides is 2. The Hall–Kier alpha value is -3.35. The quantitative estimate of drug-likeness (QED) is 0.445. The standard InChI is InChI=1S/C27H34N2O5/c1-4-5-14-23(26(32)28-24(17(2)3)15-25(30)31)29-27(33)34-16-22-20-12-8-6-10-18(20)19-11-7-9-13-21(19)22/h6-13,17,22-24H,4-5,14-16H2,1-3H3,(H,28,32)(H,29,33)(H,30,31)/t23?,24-/m0/s1. The number of fused-ring (bicyclic) bond motifs is 3. The van der Waals surface area contributed by atoms with Crippen LogP contribution in [-0.4, -0.2) is 41.8 Å². The number of rotatable bonds is 11. The van der Waals surface area contributed by atoms with Gasteiger partial charge in [0, 0.05) is 12.0 Å². The molecule has 0 aliphatic heterocycles. The van der Waals surface area contributed by atoms with E-state index in [-0.39, 0.29) is 30.8 Å². The summed E-state index contributed by atoms with van der Waals surface area (Å²) in [4.78, 5) is 36.7. The Morgan fingerprint density at radius 1 is 0.971 bits per heavy atom. The van der Waals surface area contributed by atoms with E-state index in [2.05, 4.69) is 22.8 Å². The zero-order valence-corrected chi connectivity index (χ0v) is 20.0. The van der Waals surface area contributed by atoms with Gasteiger partial charge in [-0.2, -0.15) is 0 Å². The number of benzene rings is 2. The van der Waals surface area contributed by atoms with Gasteiger partial charge in [-0.3, -0.25) is 9.59 Å². The first-order valence-corrected chi connectivity index (χ1v) is 12.0. The molecule has 7 nitrogen and oxygen atoms in total. The Kier molecular flexibility index (Phi) is 8.68. The first-order chi connectivity index (χ1) is 16.3. The van der Waals surface area contributed by atoms with Crippen molar-refractivity contribution in [1.82, 2.24) is 10.6 Å². The van der Waals surface area contributed by atoms with E-state index in [9.17, 15) is 14.4 Å². The molecular weight excluding hydrogens is 432 g/mol. The van der Waals surface area contributed by atoms with Crippen molar-refractivity contribution in [2.24, 2.45) is 5.92 Å². The van der Waals surface area contributed by atoms with Crippen molar-refractivity contribution in [3.63, 3.8) is 0 Å². The number of nitrogens with one attached hydrogen (secondary N) is 2. The molecule has 2 amide bonds.